The van der Waals surface area contributed by atoms with Crippen LogP contribution in [0, 0.1) is 0 Å². The summed E-state index contributed by atoms with van der Waals surface area (Å²) < 4.78 is 0. The lowest BCUT2D eigenvalue weighted by atomic mass is 10.2. The van der Waals surface area contributed by atoms with Gasteiger partial charge in [-0.15, -0.1) is 0 Å². The first-order valence-corrected chi connectivity index (χ1v) is 7.74. The molecule has 2 heterocycles. The summed E-state index contributed by atoms with van der Waals surface area (Å²) in [5.74, 6) is 2.66. The van der Waals surface area contributed by atoms with E-state index in [9.17, 15) is 4.79 Å². The number of nitrogens with zero attached hydrogens (tertiary/aromatic N) is 1. The molecule has 3 nitrogen and oxygen atoms in total. The fraction of sp³-hybridized carbons (Fsp3) is 0.500. The summed E-state index contributed by atoms with van der Waals surface area (Å²) >= 11 is 2.00. The van der Waals surface area contributed by atoms with Gasteiger partial charge in [-0.25, -0.2) is 0 Å². The highest BCUT2D eigenvalue weighted by molar-refractivity contribution is 7.99. The summed E-state index contributed by atoms with van der Waals surface area (Å²) in [5, 5.41) is 3.59. The van der Waals surface area contributed by atoms with E-state index in [0.717, 1.165) is 24.3 Å². The molecule has 4 heteroatoms. The number of amides is 1. The minimum Gasteiger partial charge on any atom is -0.380 e. The van der Waals surface area contributed by atoms with Crippen LogP contribution < -0.4 is 10.2 Å². The standard InChI is InChI=1S/C14H18N2OS/c17-14-6-3-8-16(14)13-5-2-1-4-12(13)15-11-7-9-18-10-11/h1-2,4-5,11,15H,3,6-10H2. The molecule has 18 heavy (non-hydrogen) atoms. The maximum absolute atomic E-state index is 11.9. The molecule has 96 valence electrons. The summed E-state index contributed by atoms with van der Waals surface area (Å²) in [5.41, 5.74) is 2.16. The average Bonchev–Trinajstić information content (AvgIpc) is 3.02. The third-order valence-corrected chi connectivity index (χ3v) is 4.72. The van der Waals surface area contributed by atoms with E-state index in [1.807, 2.05) is 34.9 Å². The monoisotopic (exact) mass is 262 g/mol. The van der Waals surface area contributed by atoms with Gasteiger partial charge in [0, 0.05) is 24.8 Å². The fourth-order valence-electron chi connectivity index (χ4n) is 2.60. The van der Waals surface area contributed by atoms with Crippen LogP contribution in [-0.2, 0) is 4.79 Å². The molecule has 0 spiro atoms. The van der Waals surface area contributed by atoms with E-state index in [1.54, 1.807) is 0 Å². The molecule has 1 amide bonds. The largest absolute Gasteiger partial charge is 0.380 e. The number of para-hydroxylation sites is 2. The maximum atomic E-state index is 11.9. The van der Waals surface area contributed by atoms with Gasteiger partial charge < -0.3 is 10.2 Å². The van der Waals surface area contributed by atoms with E-state index in [0.29, 0.717) is 12.5 Å². The Kier molecular flexibility index (Phi) is 3.46. The van der Waals surface area contributed by atoms with E-state index < -0.39 is 0 Å². The Morgan fingerprint density at radius 3 is 2.94 bits per heavy atom. The maximum Gasteiger partial charge on any atom is 0.227 e. The lowest BCUT2D eigenvalue weighted by molar-refractivity contribution is -0.117. The topological polar surface area (TPSA) is 32.3 Å². The van der Waals surface area contributed by atoms with E-state index in [2.05, 4.69) is 11.4 Å². The van der Waals surface area contributed by atoms with Crippen molar-refractivity contribution < 1.29 is 4.79 Å². The van der Waals surface area contributed by atoms with Crippen molar-refractivity contribution in [3.05, 3.63) is 24.3 Å². The number of nitrogens with one attached hydrogen (secondary N) is 1. The first-order valence-electron chi connectivity index (χ1n) is 6.58. The number of carbonyl (C=O) groups excluding carboxylic acids is 1. The highest BCUT2D eigenvalue weighted by atomic mass is 32.2. The average molecular weight is 262 g/mol. The van der Waals surface area contributed by atoms with Crippen molar-refractivity contribution in [2.75, 3.05) is 28.3 Å². The number of hydrogen-bond acceptors (Lipinski definition) is 3. The SMILES string of the molecule is O=C1CCCN1c1ccccc1NC1CCSC1. The van der Waals surface area contributed by atoms with Crippen LogP contribution in [0.15, 0.2) is 24.3 Å². The van der Waals surface area contributed by atoms with Gasteiger partial charge >= 0.3 is 0 Å². The molecule has 0 aromatic heterocycles. The Bertz CT molecular complexity index is 443. The molecule has 3 rings (SSSR count). The molecule has 2 aliphatic heterocycles. The molecule has 2 aliphatic rings. The summed E-state index contributed by atoms with van der Waals surface area (Å²) in [6.07, 6.45) is 2.88. The third-order valence-electron chi connectivity index (χ3n) is 3.56. The van der Waals surface area contributed by atoms with Gasteiger partial charge in [0.2, 0.25) is 5.91 Å². The molecule has 1 atom stereocenters. The van der Waals surface area contributed by atoms with Gasteiger partial charge in [-0.1, -0.05) is 12.1 Å². The van der Waals surface area contributed by atoms with Gasteiger partial charge in [-0.2, -0.15) is 11.8 Å². The van der Waals surface area contributed by atoms with Crippen LogP contribution in [0.25, 0.3) is 0 Å². The van der Waals surface area contributed by atoms with E-state index in [-0.39, 0.29) is 5.91 Å². The Labute approximate surface area is 112 Å². The molecule has 1 unspecified atom stereocenters. The van der Waals surface area contributed by atoms with Crippen molar-refractivity contribution in [3.63, 3.8) is 0 Å². The number of benzene rings is 1. The van der Waals surface area contributed by atoms with Gasteiger partial charge in [0.1, 0.15) is 0 Å². The fourth-order valence-corrected chi connectivity index (χ4v) is 3.75. The Hall–Kier alpha value is -1.16. The molecule has 0 aliphatic carbocycles. The van der Waals surface area contributed by atoms with E-state index >= 15 is 0 Å². The summed E-state index contributed by atoms with van der Waals surface area (Å²) in [7, 11) is 0. The second kappa shape index (κ2) is 5.22. The summed E-state index contributed by atoms with van der Waals surface area (Å²) in [6.45, 7) is 0.858. The smallest absolute Gasteiger partial charge is 0.227 e. The minimum atomic E-state index is 0.255. The second-order valence-corrected chi connectivity index (χ2v) is 6.02. The third kappa shape index (κ3) is 2.34. The Morgan fingerprint density at radius 2 is 2.22 bits per heavy atom. The van der Waals surface area contributed by atoms with E-state index in [4.69, 9.17) is 0 Å². The van der Waals surface area contributed by atoms with Crippen molar-refractivity contribution in [2.24, 2.45) is 0 Å². The van der Waals surface area contributed by atoms with Gasteiger partial charge in [0.15, 0.2) is 0 Å². The molecule has 0 saturated carbocycles. The normalized spacial score (nSPS) is 23.7. The van der Waals surface area contributed by atoms with Crippen LogP contribution in [0.3, 0.4) is 0 Å². The number of rotatable bonds is 3. The van der Waals surface area contributed by atoms with E-state index in [1.165, 1.54) is 17.9 Å². The molecule has 1 aromatic carbocycles. The predicted molar refractivity (Wildman–Crippen MR) is 77.4 cm³/mol. The quantitative estimate of drug-likeness (QED) is 0.909. The Morgan fingerprint density at radius 1 is 1.33 bits per heavy atom. The van der Waals surface area contributed by atoms with Crippen LogP contribution in [0.5, 0.6) is 0 Å². The van der Waals surface area contributed by atoms with Gasteiger partial charge in [0.05, 0.1) is 11.4 Å². The summed E-state index contributed by atoms with van der Waals surface area (Å²) in [6, 6.07) is 8.73. The second-order valence-electron chi connectivity index (χ2n) is 4.87. The first-order chi connectivity index (χ1) is 8.84. The zero-order valence-electron chi connectivity index (χ0n) is 10.4. The van der Waals surface area contributed by atoms with Crippen molar-refractivity contribution in [3.8, 4) is 0 Å². The predicted octanol–water partition coefficient (Wildman–Crippen LogP) is 2.73. The number of carbonyl (C=O) groups is 1. The lowest BCUT2D eigenvalue weighted by Crippen LogP contribution is -2.26. The molecular weight excluding hydrogens is 244 g/mol. The molecule has 1 N–H and O–H groups in total. The zero-order chi connectivity index (χ0) is 12.4. The minimum absolute atomic E-state index is 0.255. The van der Waals surface area contributed by atoms with Gasteiger partial charge in [0.25, 0.3) is 0 Å². The van der Waals surface area contributed by atoms with Gasteiger partial charge in [-0.05, 0) is 30.7 Å². The van der Waals surface area contributed by atoms with Crippen molar-refractivity contribution in [1.29, 1.82) is 0 Å². The highest BCUT2D eigenvalue weighted by Crippen LogP contribution is 2.31. The van der Waals surface area contributed by atoms with Crippen molar-refractivity contribution >= 4 is 29.0 Å². The number of anilines is 2. The molecule has 1 aromatic rings. The van der Waals surface area contributed by atoms with Crippen molar-refractivity contribution in [1.82, 2.24) is 0 Å². The molecule has 0 radical (unpaired) electrons. The van der Waals surface area contributed by atoms with Crippen molar-refractivity contribution in [2.45, 2.75) is 25.3 Å². The van der Waals surface area contributed by atoms with Crippen LogP contribution in [0.1, 0.15) is 19.3 Å². The first kappa shape index (κ1) is 11.9. The summed E-state index contributed by atoms with van der Waals surface area (Å²) in [4.78, 5) is 13.8. The highest BCUT2D eigenvalue weighted by Gasteiger charge is 2.24. The molecule has 2 fully saturated rings. The van der Waals surface area contributed by atoms with Crippen LogP contribution in [0.2, 0.25) is 0 Å². The van der Waals surface area contributed by atoms with Crippen LogP contribution in [0.4, 0.5) is 11.4 Å². The van der Waals surface area contributed by atoms with Crippen LogP contribution in [-0.4, -0.2) is 30.0 Å². The number of hydrogen-bond donors (Lipinski definition) is 1. The number of thioether (sulfide) groups is 1. The lowest BCUT2D eigenvalue weighted by Gasteiger charge is -2.22. The molecular formula is C14H18N2OS. The van der Waals surface area contributed by atoms with Crippen LogP contribution >= 0.6 is 11.8 Å². The molecule has 2 saturated heterocycles. The van der Waals surface area contributed by atoms with Gasteiger partial charge in [-0.3, -0.25) is 4.79 Å². The molecule has 0 bridgehead atoms. The Balaban J connectivity index is 1.82. The zero-order valence-corrected chi connectivity index (χ0v) is 11.2.